The van der Waals surface area contributed by atoms with E-state index in [-0.39, 0.29) is 0 Å². The zero-order valence-electron chi connectivity index (χ0n) is 8.52. The lowest BCUT2D eigenvalue weighted by atomic mass is 9.72. The molecule has 0 atom stereocenters. The first-order valence-electron chi connectivity index (χ1n) is 4.99. The van der Waals surface area contributed by atoms with Crippen LogP contribution >= 0.6 is 0 Å². The van der Waals surface area contributed by atoms with Crippen LogP contribution in [0.15, 0.2) is 0 Å². The smallest absolute Gasteiger partial charge is 0.130 e. The summed E-state index contributed by atoms with van der Waals surface area (Å²) in [7, 11) is 0. The number of hydrogen-bond donors (Lipinski definition) is 0. The van der Waals surface area contributed by atoms with Crippen molar-refractivity contribution < 1.29 is 4.79 Å². The van der Waals surface area contributed by atoms with Gasteiger partial charge in [0.15, 0.2) is 0 Å². The maximum absolute atomic E-state index is 10.9. The van der Waals surface area contributed by atoms with Gasteiger partial charge in [0.2, 0.25) is 0 Å². The normalized spacial score (nSPS) is 23.9. The number of carbonyl (C=O) groups excluding carboxylic acids is 1. The lowest BCUT2D eigenvalue weighted by Gasteiger charge is -2.33. The SMILES string of the molecule is CC(=O)CC1CCC(C)(C)CC1. The molecular formula is C11H20O. The molecule has 1 saturated carbocycles. The van der Waals surface area contributed by atoms with Gasteiger partial charge in [-0.25, -0.2) is 0 Å². The molecule has 0 aromatic rings. The molecule has 1 heteroatoms. The predicted molar refractivity (Wildman–Crippen MR) is 51.0 cm³/mol. The molecule has 0 N–H and O–H groups in total. The zero-order chi connectivity index (χ0) is 9.19. The van der Waals surface area contributed by atoms with Crippen molar-refractivity contribution in [3.63, 3.8) is 0 Å². The van der Waals surface area contributed by atoms with Gasteiger partial charge in [-0.2, -0.15) is 0 Å². The molecule has 0 amide bonds. The van der Waals surface area contributed by atoms with E-state index in [1.54, 1.807) is 6.92 Å². The lowest BCUT2D eigenvalue weighted by Crippen LogP contribution is -2.22. The van der Waals surface area contributed by atoms with Gasteiger partial charge in [0.25, 0.3) is 0 Å². The Morgan fingerprint density at radius 3 is 2.25 bits per heavy atom. The molecule has 1 nitrogen and oxygen atoms in total. The fourth-order valence-corrected chi connectivity index (χ4v) is 2.07. The van der Waals surface area contributed by atoms with Gasteiger partial charge in [0.05, 0.1) is 0 Å². The fourth-order valence-electron chi connectivity index (χ4n) is 2.07. The summed E-state index contributed by atoms with van der Waals surface area (Å²) in [5, 5.41) is 0. The third kappa shape index (κ3) is 2.96. The van der Waals surface area contributed by atoms with Crippen LogP contribution in [0.4, 0.5) is 0 Å². The number of carbonyl (C=O) groups is 1. The molecule has 0 aromatic carbocycles. The van der Waals surface area contributed by atoms with E-state index in [1.807, 2.05) is 0 Å². The van der Waals surface area contributed by atoms with Crippen LogP contribution in [0, 0.1) is 11.3 Å². The minimum absolute atomic E-state index is 0.361. The summed E-state index contributed by atoms with van der Waals surface area (Å²) < 4.78 is 0. The molecule has 0 bridgehead atoms. The molecule has 0 aromatic heterocycles. The molecule has 12 heavy (non-hydrogen) atoms. The highest BCUT2D eigenvalue weighted by atomic mass is 16.1. The van der Waals surface area contributed by atoms with Gasteiger partial charge in [0.1, 0.15) is 5.78 Å². The van der Waals surface area contributed by atoms with Gasteiger partial charge in [0, 0.05) is 6.42 Å². The Bertz CT molecular complexity index is 160. The molecule has 0 radical (unpaired) electrons. The molecule has 0 saturated heterocycles. The van der Waals surface area contributed by atoms with E-state index in [0.29, 0.717) is 17.1 Å². The Labute approximate surface area is 75.5 Å². The average molecular weight is 168 g/mol. The van der Waals surface area contributed by atoms with Crippen molar-refractivity contribution in [2.24, 2.45) is 11.3 Å². The Morgan fingerprint density at radius 1 is 1.33 bits per heavy atom. The number of rotatable bonds is 2. The van der Waals surface area contributed by atoms with Gasteiger partial charge in [-0.15, -0.1) is 0 Å². The van der Waals surface area contributed by atoms with E-state index in [1.165, 1.54) is 25.7 Å². The average Bonchev–Trinajstić information content (AvgIpc) is 1.93. The van der Waals surface area contributed by atoms with Gasteiger partial charge >= 0.3 is 0 Å². The van der Waals surface area contributed by atoms with Gasteiger partial charge < -0.3 is 4.79 Å². The summed E-state index contributed by atoms with van der Waals surface area (Å²) in [6.45, 7) is 6.37. The molecular weight excluding hydrogens is 148 g/mol. The van der Waals surface area contributed by atoms with Gasteiger partial charge in [-0.05, 0) is 43.9 Å². The highest BCUT2D eigenvalue weighted by molar-refractivity contribution is 5.75. The summed E-state index contributed by atoms with van der Waals surface area (Å²) >= 11 is 0. The molecule has 1 fully saturated rings. The van der Waals surface area contributed by atoms with E-state index in [0.717, 1.165) is 6.42 Å². The van der Waals surface area contributed by atoms with Crippen LogP contribution in [0.5, 0.6) is 0 Å². The second-order valence-corrected chi connectivity index (χ2v) is 5.01. The predicted octanol–water partition coefficient (Wildman–Crippen LogP) is 3.18. The summed E-state index contributed by atoms with van der Waals surface area (Å²) in [6, 6.07) is 0. The molecule has 1 aliphatic carbocycles. The van der Waals surface area contributed by atoms with E-state index < -0.39 is 0 Å². The van der Waals surface area contributed by atoms with E-state index in [2.05, 4.69) is 13.8 Å². The number of hydrogen-bond acceptors (Lipinski definition) is 1. The molecule has 0 aliphatic heterocycles. The quantitative estimate of drug-likeness (QED) is 0.619. The second kappa shape index (κ2) is 3.59. The molecule has 70 valence electrons. The van der Waals surface area contributed by atoms with Crippen molar-refractivity contribution in [1.82, 2.24) is 0 Å². The maximum atomic E-state index is 10.9. The van der Waals surface area contributed by atoms with Crippen molar-refractivity contribution in [3.8, 4) is 0 Å². The van der Waals surface area contributed by atoms with E-state index in [4.69, 9.17) is 0 Å². The van der Waals surface area contributed by atoms with Crippen molar-refractivity contribution in [2.75, 3.05) is 0 Å². The topological polar surface area (TPSA) is 17.1 Å². The summed E-state index contributed by atoms with van der Waals surface area (Å²) in [5.41, 5.74) is 0.535. The largest absolute Gasteiger partial charge is 0.300 e. The van der Waals surface area contributed by atoms with Crippen LogP contribution in [0.2, 0.25) is 0 Å². The Hall–Kier alpha value is -0.330. The van der Waals surface area contributed by atoms with Crippen LogP contribution in [0.25, 0.3) is 0 Å². The van der Waals surface area contributed by atoms with Crippen molar-refractivity contribution in [1.29, 1.82) is 0 Å². The molecule has 0 spiro atoms. The third-order valence-corrected chi connectivity index (χ3v) is 3.03. The number of ketones is 1. The highest BCUT2D eigenvalue weighted by Gasteiger charge is 2.26. The van der Waals surface area contributed by atoms with E-state index in [9.17, 15) is 4.79 Å². The summed E-state index contributed by atoms with van der Waals surface area (Å²) in [6.07, 6.45) is 5.92. The van der Waals surface area contributed by atoms with Gasteiger partial charge in [-0.3, -0.25) is 0 Å². The summed E-state index contributed by atoms with van der Waals surface area (Å²) in [4.78, 5) is 10.9. The standard InChI is InChI=1S/C11H20O/c1-9(12)8-10-4-6-11(2,3)7-5-10/h10H,4-8H2,1-3H3. The second-order valence-electron chi connectivity index (χ2n) is 5.01. The van der Waals surface area contributed by atoms with E-state index >= 15 is 0 Å². The molecule has 1 rings (SSSR count). The van der Waals surface area contributed by atoms with Gasteiger partial charge in [-0.1, -0.05) is 13.8 Å². The Kier molecular flexibility index (Phi) is 2.92. The summed E-state index contributed by atoms with van der Waals surface area (Å²) in [5.74, 6) is 1.05. The zero-order valence-corrected chi connectivity index (χ0v) is 8.52. The Balaban J connectivity index is 2.31. The van der Waals surface area contributed by atoms with Crippen molar-refractivity contribution in [3.05, 3.63) is 0 Å². The minimum Gasteiger partial charge on any atom is -0.300 e. The maximum Gasteiger partial charge on any atom is 0.130 e. The molecule has 0 unspecified atom stereocenters. The lowest BCUT2D eigenvalue weighted by molar-refractivity contribution is -0.118. The highest BCUT2D eigenvalue weighted by Crippen LogP contribution is 2.39. The molecule has 0 heterocycles. The fraction of sp³-hybridized carbons (Fsp3) is 0.909. The van der Waals surface area contributed by atoms with Crippen molar-refractivity contribution in [2.45, 2.75) is 52.9 Å². The number of Topliss-reactive ketones (excluding diaryl/α,β-unsaturated/α-hetero) is 1. The first kappa shape index (κ1) is 9.76. The minimum atomic E-state index is 0.361. The van der Waals surface area contributed by atoms with Crippen LogP contribution < -0.4 is 0 Å². The molecule has 1 aliphatic rings. The monoisotopic (exact) mass is 168 g/mol. The van der Waals surface area contributed by atoms with Crippen LogP contribution in [-0.4, -0.2) is 5.78 Å². The third-order valence-electron chi connectivity index (χ3n) is 3.03. The van der Waals surface area contributed by atoms with Crippen LogP contribution in [0.1, 0.15) is 52.9 Å². The first-order chi connectivity index (χ1) is 5.49. The Morgan fingerprint density at radius 2 is 1.83 bits per heavy atom. The van der Waals surface area contributed by atoms with Crippen molar-refractivity contribution >= 4 is 5.78 Å². The van der Waals surface area contributed by atoms with Crippen LogP contribution in [-0.2, 0) is 4.79 Å². The van der Waals surface area contributed by atoms with Crippen LogP contribution in [0.3, 0.4) is 0 Å². The first-order valence-corrected chi connectivity index (χ1v) is 4.99.